The van der Waals surface area contributed by atoms with E-state index in [4.69, 9.17) is 4.74 Å². The summed E-state index contributed by atoms with van der Waals surface area (Å²) in [7, 11) is 0. The van der Waals surface area contributed by atoms with E-state index in [1.54, 1.807) is 11.3 Å². The molecule has 0 amide bonds. The number of para-hydroxylation sites is 1. The molecular formula is C14H17NO2S. The smallest absolute Gasteiger partial charge is 0.122 e. The highest BCUT2D eigenvalue weighted by Crippen LogP contribution is 2.16. The number of rotatable bonds is 6. The van der Waals surface area contributed by atoms with E-state index in [1.165, 1.54) is 0 Å². The fourth-order valence-corrected chi connectivity index (χ4v) is 2.18. The molecule has 2 rings (SSSR count). The van der Waals surface area contributed by atoms with Gasteiger partial charge >= 0.3 is 0 Å². The van der Waals surface area contributed by atoms with Gasteiger partial charge in [-0.05, 0) is 30.0 Å². The van der Waals surface area contributed by atoms with Crippen molar-refractivity contribution in [3.63, 3.8) is 0 Å². The molecule has 0 aliphatic rings. The van der Waals surface area contributed by atoms with E-state index in [-0.39, 0.29) is 0 Å². The molecule has 2 aromatic rings. The van der Waals surface area contributed by atoms with Gasteiger partial charge in [-0.1, -0.05) is 18.2 Å². The molecule has 0 fully saturated rings. The molecule has 0 saturated heterocycles. The Hall–Kier alpha value is -1.52. The predicted octanol–water partition coefficient (Wildman–Crippen LogP) is 2.91. The monoisotopic (exact) mass is 263 g/mol. The van der Waals surface area contributed by atoms with Gasteiger partial charge in [-0.2, -0.15) is 11.3 Å². The van der Waals surface area contributed by atoms with Crippen molar-refractivity contribution in [2.45, 2.75) is 13.0 Å². The molecule has 2 N–H and O–H groups in total. The number of aliphatic hydroxyl groups is 1. The van der Waals surface area contributed by atoms with Crippen molar-refractivity contribution in [3.8, 4) is 5.75 Å². The maximum Gasteiger partial charge on any atom is 0.122 e. The van der Waals surface area contributed by atoms with Crippen molar-refractivity contribution in [3.05, 3.63) is 46.7 Å². The predicted molar refractivity (Wildman–Crippen MR) is 75.5 cm³/mol. The second-order valence-electron chi connectivity index (χ2n) is 4.12. The van der Waals surface area contributed by atoms with Gasteiger partial charge < -0.3 is 15.2 Å². The standard InChI is InChI=1S/C14H17NO2S/c1-11-4-2-3-5-14(11)17-9-13(16)8-15-12-6-7-18-10-12/h2-7,10,13,15-16H,8-9H2,1H3. The van der Waals surface area contributed by atoms with Gasteiger partial charge in [0.15, 0.2) is 0 Å². The normalized spacial score (nSPS) is 12.1. The van der Waals surface area contributed by atoms with Crippen molar-refractivity contribution in [2.75, 3.05) is 18.5 Å². The van der Waals surface area contributed by atoms with Gasteiger partial charge in [0.2, 0.25) is 0 Å². The quantitative estimate of drug-likeness (QED) is 0.842. The number of hydrogen-bond acceptors (Lipinski definition) is 4. The van der Waals surface area contributed by atoms with Crippen LogP contribution in [0, 0.1) is 6.92 Å². The maximum absolute atomic E-state index is 9.82. The molecule has 18 heavy (non-hydrogen) atoms. The summed E-state index contributed by atoms with van der Waals surface area (Å²) in [5.74, 6) is 0.826. The van der Waals surface area contributed by atoms with E-state index in [1.807, 2.05) is 48.0 Å². The summed E-state index contributed by atoms with van der Waals surface area (Å²) in [6, 6.07) is 9.79. The van der Waals surface area contributed by atoms with Crippen LogP contribution in [0.3, 0.4) is 0 Å². The summed E-state index contributed by atoms with van der Waals surface area (Å²) >= 11 is 1.63. The lowest BCUT2D eigenvalue weighted by molar-refractivity contribution is 0.117. The Balaban J connectivity index is 1.75. The van der Waals surface area contributed by atoms with Crippen molar-refractivity contribution in [2.24, 2.45) is 0 Å². The van der Waals surface area contributed by atoms with Crippen LogP contribution in [0.2, 0.25) is 0 Å². The molecule has 1 unspecified atom stereocenters. The summed E-state index contributed by atoms with van der Waals surface area (Å²) in [6.07, 6.45) is -0.524. The molecule has 3 nitrogen and oxygen atoms in total. The second-order valence-corrected chi connectivity index (χ2v) is 4.90. The molecule has 1 aromatic carbocycles. The minimum Gasteiger partial charge on any atom is -0.491 e. The highest BCUT2D eigenvalue weighted by atomic mass is 32.1. The Morgan fingerprint density at radius 1 is 1.33 bits per heavy atom. The van der Waals surface area contributed by atoms with Gasteiger partial charge in [0.1, 0.15) is 18.5 Å². The van der Waals surface area contributed by atoms with E-state index >= 15 is 0 Å². The molecular weight excluding hydrogens is 246 g/mol. The second kappa shape index (κ2) is 6.42. The number of nitrogens with one attached hydrogen (secondary N) is 1. The van der Waals surface area contributed by atoms with Gasteiger partial charge in [-0.3, -0.25) is 0 Å². The Morgan fingerprint density at radius 3 is 2.89 bits per heavy atom. The third kappa shape index (κ3) is 3.75. The van der Waals surface area contributed by atoms with Crippen LogP contribution in [0.15, 0.2) is 41.1 Å². The molecule has 0 saturated carbocycles. The first-order valence-corrected chi connectivity index (χ1v) is 6.82. The zero-order valence-corrected chi connectivity index (χ0v) is 11.1. The van der Waals surface area contributed by atoms with E-state index in [0.717, 1.165) is 17.0 Å². The van der Waals surface area contributed by atoms with Crippen LogP contribution in [0.1, 0.15) is 5.56 Å². The maximum atomic E-state index is 9.82. The molecule has 0 aliphatic heterocycles. The van der Waals surface area contributed by atoms with Crippen molar-refractivity contribution < 1.29 is 9.84 Å². The summed E-state index contributed by atoms with van der Waals surface area (Å²) in [5.41, 5.74) is 2.12. The average Bonchev–Trinajstić information content (AvgIpc) is 2.88. The van der Waals surface area contributed by atoms with Gasteiger partial charge in [0.05, 0.1) is 0 Å². The number of ether oxygens (including phenoxy) is 1. The van der Waals surface area contributed by atoms with E-state index in [9.17, 15) is 5.11 Å². The number of aryl methyl sites for hydroxylation is 1. The number of anilines is 1. The Labute approximate surface area is 111 Å². The largest absolute Gasteiger partial charge is 0.491 e. The van der Waals surface area contributed by atoms with Gasteiger partial charge in [0.25, 0.3) is 0 Å². The first-order chi connectivity index (χ1) is 8.75. The lowest BCUT2D eigenvalue weighted by Gasteiger charge is -2.14. The van der Waals surface area contributed by atoms with Crippen molar-refractivity contribution >= 4 is 17.0 Å². The van der Waals surface area contributed by atoms with Crippen LogP contribution in [-0.4, -0.2) is 24.4 Å². The fourth-order valence-electron chi connectivity index (χ4n) is 1.56. The molecule has 0 radical (unpaired) electrons. The minimum atomic E-state index is -0.524. The summed E-state index contributed by atoms with van der Waals surface area (Å²) in [5, 5.41) is 17.0. The molecule has 1 aromatic heterocycles. The molecule has 4 heteroatoms. The molecule has 1 atom stereocenters. The first-order valence-electron chi connectivity index (χ1n) is 5.88. The summed E-state index contributed by atoms with van der Waals surface area (Å²) in [4.78, 5) is 0. The van der Waals surface area contributed by atoms with Crippen LogP contribution in [0.4, 0.5) is 5.69 Å². The third-order valence-corrected chi connectivity index (χ3v) is 3.27. The first kappa shape index (κ1) is 12.9. The zero-order chi connectivity index (χ0) is 12.8. The van der Waals surface area contributed by atoms with Crippen LogP contribution >= 0.6 is 11.3 Å². The number of hydrogen-bond donors (Lipinski definition) is 2. The topological polar surface area (TPSA) is 41.5 Å². The van der Waals surface area contributed by atoms with E-state index in [0.29, 0.717) is 13.2 Å². The molecule has 1 heterocycles. The zero-order valence-electron chi connectivity index (χ0n) is 10.3. The van der Waals surface area contributed by atoms with Gasteiger partial charge in [-0.25, -0.2) is 0 Å². The van der Waals surface area contributed by atoms with Crippen LogP contribution < -0.4 is 10.1 Å². The number of thiophene rings is 1. The summed E-state index contributed by atoms with van der Waals surface area (Å²) in [6.45, 7) is 2.77. The average molecular weight is 263 g/mol. The lowest BCUT2D eigenvalue weighted by atomic mass is 10.2. The van der Waals surface area contributed by atoms with Crippen molar-refractivity contribution in [1.29, 1.82) is 0 Å². The third-order valence-electron chi connectivity index (χ3n) is 2.59. The molecule has 0 bridgehead atoms. The Morgan fingerprint density at radius 2 is 2.17 bits per heavy atom. The summed E-state index contributed by atoms with van der Waals surface area (Å²) < 4.78 is 5.58. The molecule has 0 spiro atoms. The minimum absolute atomic E-state index is 0.294. The fraction of sp³-hybridized carbons (Fsp3) is 0.286. The molecule has 0 aliphatic carbocycles. The van der Waals surface area contributed by atoms with E-state index < -0.39 is 6.10 Å². The lowest BCUT2D eigenvalue weighted by Crippen LogP contribution is -2.26. The number of aliphatic hydroxyl groups excluding tert-OH is 1. The molecule has 96 valence electrons. The Kier molecular flexibility index (Phi) is 4.61. The van der Waals surface area contributed by atoms with Gasteiger partial charge in [-0.15, -0.1) is 0 Å². The van der Waals surface area contributed by atoms with Crippen LogP contribution in [-0.2, 0) is 0 Å². The van der Waals surface area contributed by atoms with Gasteiger partial charge in [0, 0.05) is 17.6 Å². The van der Waals surface area contributed by atoms with Crippen LogP contribution in [0.25, 0.3) is 0 Å². The highest BCUT2D eigenvalue weighted by molar-refractivity contribution is 7.08. The van der Waals surface area contributed by atoms with E-state index in [2.05, 4.69) is 5.32 Å². The van der Waals surface area contributed by atoms with Crippen molar-refractivity contribution in [1.82, 2.24) is 0 Å². The van der Waals surface area contributed by atoms with Crippen LogP contribution in [0.5, 0.6) is 5.75 Å². The Bertz CT molecular complexity index is 470. The SMILES string of the molecule is Cc1ccccc1OCC(O)CNc1ccsc1. The number of benzene rings is 1. The highest BCUT2D eigenvalue weighted by Gasteiger charge is 2.06.